The van der Waals surface area contributed by atoms with Gasteiger partial charge in [-0.05, 0) is 35.9 Å². The SMILES string of the molecule is O=C(NCc1cccnc1)c1cc(N2CCN(c3ccccc3F)CC2)ccn1. The molecule has 1 aliphatic rings. The van der Waals surface area contributed by atoms with Crippen LogP contribution in [0.1, 0.15) is 16.1 Å². The molecule has 1 aliphatic heterocycles. The van der Waals surface area contributed by atoms with E-state index in [1.54, 1.807) is 30.7 Å². The molecule has 3 heterocycles. The number of benzene rings is 1. The number of para-hydroxylation sites is 1. The van der Waals surface area contributed by atoms with Crippen LogP contribution >= 0.6 is 0 Å². The Hall–Kier alpha value is -3.48. The molecule has 0 saturated carbocycles. The number of anilines is 2. The molecule has 1 fully saturated rings. The average Bonchev–Trinajstić information content (AvgIpc) is 2.79. The Balaban J connectivity index is 1.38. The summed E-state index contributed by atoms with van der Waals surface area (Å²) >= 11 is 0. The predicted molar refractivity (Wildman–Crippen MR) is 110 cm³/mol. The number of rotatable bonds is 5. The van der Waals surface area contributed by atoms with E-state index < -0.39 is 0 Å². The second-order valence-corrected chi connectivity index (χ2v) is 6.87. The van der Waals surface area contributed by atoms with Crippen LogP contribution in [0.4, 0.5) is 15.8 Å². The van der Waals surface area contributed by atoms with Gasteiger partial charge in [0, 0.05) is 57.0 Å². The van der Waals surface area contributed by atoms with Crippen molar-refractivity contribution in [2.75, 3.05) is 36.0 Å². The van der Waals surface area contributed by atoms with E-state index in [9.17, 15) is 9.18 Å². The summed E-state index contributed by atoms with van der Waals surface area (Å²) < 4.78 is 14.0. The van der Waals surface area contributed by atoms with Crippen LogP contribution in [0.15, 0.2) is 67.1 Å². The lowest BCUT2D eigenvalue weighted by atomic mass is 10.2. The third kappa shape index (κ3) is 4.51. The Morgan fingerprint density at radius 3 is 2.55 bits per heavy atom. The molecule has 1 N–H and O–H groups in total. The number of piperazine rings is 1. The number of nitrogens with one attached hydrogen (secondary N) is 1. The van der Waals surface area contributed by atoms with Crippen molar-refractivity contribution in [1.29, 1.82) is 0 Å². The molecule has 3 aromatic rings. The number of halogens is 1. The third-order valence-electron chi connectivity index (χ3n) is 4.99. The first-order valence-electron chi connectivity index (χ1n) is 9.58. The van der Waals surface area contributed by atoms with Crippen LogP contribution < -0.4 is 15.1 Å². The molecule has 4 rings (SSSR count). The van der Waals surface area contributed by atoms with Crippen LogP contribution in [-0.4, -0.2) is 42.1 Å². The Labute approximate surface area is 169 Å². The summed E-state index contributed by atoms with van der Waals surface area (Å²) in [7, 11) is 0. The minimum atomic E-state index is -0.222. The van der Waals surface area contributed by atoms with E-state index in [2.05, 4.69) is 25.1 Å². The number of carbonyl (C=O) groups excluding carboxylic acids is 1. The first kappa shape index (κ1) is 18.9. The van der Waals surface area contributed by atoms with Gasteiger partial charge in [0.1, 0.15) is 11.5 Å². The zero-order valence-electron chi connectivity index (χ0n) is 16.0. The summed E-state index contributed by atoms with van der Waals surface area (Å²) in [6.45, 7) is 3.32. The number of hydrogen-bond acceptors (Lipinski definition) is 5. The minimum Gasteiger partial charge on any atom is -0.368 e. The smallest absolute Gasteiger partial charge is 0.270 e. The Morgan fingerprint density at radius 2 is 1.79 bits per heavy atom. The topological polar surface area (TPSA) is 61.4 Å². The minimum absolute atomic E-state index is 0.197. The largest absolute Gasteiger partial charge is 0.368 e. The van der Waals surface area contributed by atoms with Crippen molar-refractivity contribution in [3.05, 3.63) is 84.2 Å². The van der Waals surface area contributed by atoms with Crippen LogP contribution in [0.5, 0.6) is 0 Å². The Bertz CT molecular complexity index is 974. The summed E-state index contributed by atoms with van der Waals surface area (Å²) in [5, 5.41) is 2.87. The molecule has 1 aromatic carbocycles. The molecule has 0 bridgehead atoms. The molecule has 7 heteroatoms. The fraction of sp³-hybridized carbons (Fsp3) is 0.227. The highest BCUT2D eigenvalue weighted by Gasteiger charge is 2.20. The lowest BCUT2D eigenvalue weighted by molar-refractivity contribution is 0.0946. The molecular formula is C22H22FN5O. The number of hydrogen-bond donors (Lipinski definition) is 1. The molecule has 0 aliphatic carbocycles. The highest BCUT2D eigenvalue weighted by molar-refractivity contribution is 5.93. The van der Waals surface area contributed by atoms with Gasteiger partial charge in [0.05, 0.1) is 5.69 Å². The standard InChI is InChI=1S/C22H22FN5O/c23-19-5-1-2-6-21(19)28-12-10-27(11-13-28)18-7-9-25-20(14-18)22(29)26-16-17-4-3-8-24-15-17/h1-9,14-15H,10-13,16H2,(H,26,29). The van der Waals surface area contributed by atoms with Gasteiger partial charge in [-0.25, -0.2) is 4.39 Å². The Kier molecular flexibility index (Phi) is 5.65. The molecule has 2 aromatic heterocycles. The molecule has 29 heavy (non-hydrogen) atoms. The van der Waals surface area contributed by atoms with Crippen LogP contribution in [0.2, 0.25) is 0 Å². The van der Waals surface area contributed by atoms with E-state index in [0.717, 1.165) is 24.3 Å². The van der Waals surface area contributed by atoms with Gasteiger partial charge in [0.25, 0.3) is 5.91 Å². The third-order valence-corrected chi connectivity index (χ3v) is 4.99. The average molecular weight is 391 g/mol. The van der Waals surface area contributed by atoms with Crippen LogP contribution in [0.25, 0.3) is 0 Å². The van der Waals surface area contributed by atoms with E-state index in [-0.39, 0.29) is 11.7 Å². The maximum absolute atomic E-state index is 14.0. The van der Waals surface area contributed by atoms with Gasteiger partial charge in [-0.2, -0.15) is 0 Å². The van der Waals surface area contributed by atoms with Crippen molar-refractivity contribution in [2.45, 2.75) is 6.54 Å². The second kappa shape index (κ2) is 8.68. The van der Waals surface area contributed by atoms with Crippen LogP contribution in [-0.2, 0) is 6.54 Å². The van der Waals surface area contributed by atoms with Crippen molar-refractivity contribution < 1.29 is 9.18 Å². The fourth-order valence-corrected chi connectivity index (χ4v) is 3.43. The molecule has 148 valence electrons. The van der Waals surface area contributed by atoms with Crippen molar-refractivity contribution >= 4 is 17.3 Å². The quantitative estimate of drug-likeness (QED) is 0.725. The zero-order valence-corrected chi connectivity index (χ0v) is 16.0. The molecule has 0 radical (unpaired) electrons. The summed E-state index contributed by atoms with van der Waals surface area (Å²) in [6.07, 6.45) is 5.07. The van der Waals surface area contributed by atoms with Crippen molar-refractivity contribution in [3.63, 3.8) is 0 Å². The van der Waals surface area contributed by atoms with Gasteiger partial charge in [-0.3, -0.25) is 14.8 Å². The van der Waals surface area contributed by atoms with Gasteiger partial charge in [-0.15, -0.1) is 0 Å². The number of amides is 1. The van der Waals surface area contributed by atoms with E-state index in [1.165, 1.54) is 6.07 Å². The van der Waals surface area contributed by atoms with Crippen molar-refractivity contribution in [1.82, 2.24) is 15.3 Å². The predicted octanol–water partition coefficient (Wildman–Crippen LogP) is 2.87. The van der Waals surface area contributed by atoms with Gasteiger partial charge in [0.15, 0.2) is 0 Å². The van der Waals surface area contributed by atoms with Gasteiger partial charge >= 0.3 is 0 Å². The van der Waals surface area contributed by atoms with Crippen LogP contribution in [0.3, 0.4) is 0 Å². The normalized spacial score (nSPS) is 14.0. The highest BCUT2D eigenvalue weighted by Crippen LogP contribution is 2.23. The first-order valence-corrected chi connectivity index (χ1v) is 9.58. The first-order chi connectivity index (χ1) is 14.2. The van der Waals surface area contributed by atoms with E-state index in [0.29, 0.717) is 31.0 Å². The van der Waals surface area contributed by atoms with Crippen molar-refractivity contribution in [3.8, 4) is 0 Å². The van der Waals surface area contributed by atoms with Gasteiger partial charge in [0.2, 0.25) is 0 Å². The summed E-state index contributed by atoms with van der Waals surface area (Å²) in [6, 6.07) is 14.3. The monoisotopic (exact) mass is 391 g/mol. The van der Waals surface area contributed by atoms with Crippen LogP contribution in [0, 0.1) is 5.82 Å². The molecule has 1 saturated heterocycles. The van der Waals surface area contributed by atoms with E-state index in [4.69, 9.17) is 0 Å². The molecule has 0 unspecified atom stereocenters. The maximum atomic E-state index is 14.0. The lowest BCUT2D eigenvalue weighted by Crippen LogP contribution is -2.46. The van der Waals surface area contributed by atoms with E-state index >= 15 is 0 Å². The number of nitrogens with zero attached hydrogens (tertiary/aromatic N) is 4. The van der Waals surface area contributed by atoms with Gasteiger partial charge in [-0.1, -0.05) is 18.2 Å². The lowest BCUT2D eigenvalue weighted by Gasteiger charge is -2.37. The number of pyridine rings is 2. The Morgan fingerprint density at radius 1 is 1.00 bits per heavy atom. The molecule has 0 atom stereocenters. The number of carbonyl (C=O) groups is 1. The highest BCUT2D eigenvalue weighted by atomic mass is 19.1. The fourth-order valence-electron chi connectivity index (χ4n) is 3.43. The molecule has 1 amide bonds. The maximum Gasteiger partial charge on any atom is 0.270 e. The summed E-state index contributed by atoms with van der Waals surface area (Å²) in [5.41, 5.74) is 2.89. The molecular weight excluding hydrogens is 369 g/mol. The zero-order chi connectivity index (χ0) is 20.1. The molecule has 6 nitrogen and oxygen atoms in total. The summed E-state index contributed by atoms with van der Waals surface area (Å²) in [4.78, 5) is 25.0. The number of aromatic nitrogens is 2. The summed E-state index contributed by atoms with van der Waals surface area (Å²) in [5.74, 6) is -0.418. The second-order valence-electron chi connectivity index (χ2n) is 6.87. The van der Waals surface area contributed by atoms with E-state index in [1.807, 2.05) is 30.3 Å². The molecule has 0 spiro atoms. The van der Waals surface area contributed by atoms with Gasteiger partial charge < -0.3 is 15.1 Å². The van der Waals surface area contributed by atoms with Crippen molar-refractivity contribution in [2.24, 2.45) is 0 Å².